The highest BCUT2D eigenvalue weighted by Crippen LogP contribution is 2.16. The number of ether oxygens (including phenoxy) is 3. The molecule has 0 saturated heterocycles. The first kappa shape index (κ1) is 49.4. The maximum Gasteiger partial charge on any atom is 0.306 e. The lowest BCUT2D eigenvalue weighted by Crippen LogP contribution is -2.30. The average Bonchev–Trinajstić information content (AvgIpc) is 3.11. The third-order valence-electron chi connectivity index (χ3n) is 10.0. The highest BCUT2D eigenvalue weighted by Gasteiger charge is 2.19. The molecule has 0 N–H and O–H groups in total. The van der Waals surface area contributed by atoms with Crippen molar-refractivity contribution in [3.05, 3.63) is 0 Å². The Morgan fingerprint density at radius 3 is 0.961 bits per heavy atom. The predicted octanol–water partition coefficient (Wildman–Crippen LogP) is 13.9. The summed E-state index contributed by atoms with van der Waals surface area (Å²) in [5.41, 5.74) is 0. The third kappa shape index (κ3) is 39.5. The molecule has 0 rings (SSSR count). The fourth-order valence-corrected chi connectivity index (χ4v) is 6.63. The Morgan fingerprint density at radius 2 is 0.647 bits per heavy atom. The van der Waals surface area contributed by atoms with Gasteiger partial charge in [-0.1, -0.05) is 207 Å². The Bertz CT molecular complexity index is 766. The van der Waals surface area contributed by atoms with Gasteiger partial charge in [-0.2, -0.15) is 0 Å². The maximum absolute atomic E-state index is 12.7. The van der Waals surface area contributed by atoms with Crippen LogP contribution in [0.3, 0.4) is 0 Å². The van der Waals surface area contributed by atoms with Crippen molar-refractivity contribution in [3.63, 3.8) is 0 Å². The van der Waals surface area contributed by atoms with Crippen molar-refractivity contribution in [2.45, 2.75) is 252 Å². The summed E-state index contributed by atoms with van der Waals surface area (Å²) in [6.07, 6.45) is 38.3. The molecule has 0 radical (unpaired) electrons. The quantitative estimate of drug-likeness (QED) is 0.0356. The van der Waals surface area contributed by atoms with Crippen LogP contribution < -0.4 is 0 Å². The number of unbranched alkanes of at least 4 members (excludes halogenated alkanes) is 27. The van der Waals surface area contributed by atoms with Crippen molar-refractivity contribution in [1.29, 1.82) is 0 Å². The van der Waals surface area contributed by atoms with Crippen LogP contribution in [-0.4, -0.2) is 37.2 Å². The second-order valence-corrected chi connectivity index (χ2v) is 15.8. The summed E-state index contributed by atoms with van der Waals surface area (Å²) < 4.78 is 16.6. The predicted molar refractivity (Wildman–Crippen MR) is 215 cm³/mol. The lowest BCUT2D eigenvalue weighted by atomic mass is 10.0. The number of hydrogen-bond acceptors (Lipinski definition) is 6. The van der Waals surface area contributed by atoms with Crippen LogP contribution in [0.15, 0.2) is 0 Å². The summed E-state index contributed by atoms with van der Waals surface area (Å²) in [5.74, 6) is -0.0223. The lowest BCUT2D eigenvalue weighted by Gasteiger charge is -2.18. The summed E-state index contributed by atoms with van der Waals surface area (Å²) in [4.78, 5) is 37.4. The zero-order valence-corrected chi connectivity index (χ0v) is 34.6. The summed E-state index contributed by atoms with van der Waals surface area (Å²) in [7, 11) is 0. The molecule has 6 heteroatoms. The van der Waals surface area contributed by atoms with Crippen LogP contribution in [-0.2, 0) is 28.6 Å². The zero-order valence-electron chi connectivity index (χ0n) is 34.6. The molecule has 0 aromatic heterocycles. The van der Waals surface area contributed by atoms with Gasteiger partial charge in [0.15, 0.2) is 6.10 Å². The van der Waals surface area contributed by atoms with Crippen LogP contribution in [0.2, 0.25) is 0 Å². The van der Waals surface area contributed by atoms with E-state index >= 15 is 0 Å². The first-order valence-corrected chi connectivity index (χ1v) is 22.4. The normalized spacial score (nSPS) is 11.9. The molecular weight excluding hydrogens is 636 g/mol. The fourth-order valence-electron chi connectivity index (χ4n) is 6.63. The minimum absolute atomic E-state index is 0.0649. The highest BCUT2D eigenvalue weighted by molar-refractivity contribution is 5.71. The standard InChI is InChI=1S/C45H86O6/c1-5-7-9-11-12-13-22-25-29-33-37-44(47)50-40-42(39-49-43(46)36-32-27-10-8-6-2)51-45(48)38-34-30-26-23-20-18-16-14-15-17-19-21-24-28-31-35-41(3)4/h41-42H,5-40H2,1-4H3/t42-/m0/s1. The molecule has 0 bridgehead atoms. The van der Waals surface area contributed by atoms with Gasteiger partial charge in [0.1, 0.15) is 13.2 Å². The van der Waals surface area contributed by atoms with Gasteiger partial charge < -0.3 is 14.2 Å². The lowest BCUT2D eigenvalue weighted by molar-refractivity contribution is -0.167. The summed E-state index contributed by atoms with van der Waals surface area (Å²) in [5, 5.41) is 0. The molecule has 0 aliphatic carbocycles. The van der Waals surface area contributed by atoms with Crippen LogP contribution in [0.25, 0.3) is 0 Å². The molecule has 0 aliphatic rings. The van der Waals surface area contributed by atoms with E-state index in [0.717, 1.165) is 70.1 Å². The first-order valence-electron chi connectivity index (χ1n) is 22.4. The summed E-state index contributed by atoms with van der Waals surface area (Å²) in [6.45, 7) is 8.92. The number of carbonyl (C=O) groups excluding carboxylic acids is 3. The third-order valence-corrected chi connectivity index (χ3v) is 10.0. The van der Waals surface area contributed by atoms with E-state index in [4.69, 9.17) is 14.2 Å². The van der Waals surface area contributed by atoms with Gasteiger partial charge in [0, 0.05) is 19.3 Å². The Balaban J connectivity index is 4.14. The van der Waals surface area contributed by atoms with E-state index in [9.17, 15) is 14.4 Å². The number of esters is 3. The topological polar surface area (TPSA) is 78.9 Å². The van der Waals surface area contributed by atoms with Crippen LogP contribution in [0, 0.1) is 5.92 Å². The highest BCUT2D eigenvalue weighted by atomic mass is 16.6. The molecule has 302 valence electrons. The Labute approximate surface area is 317 Å². The van der Waals surface area contributed by atoms with E-state index in [2.05, 4.69) is 27.7 Å². The molecule has 0 aromatic rings. The van der Waals surface area contributed by atoms with Gasteiger partial charge in [-0.05, 0) is 25.2 Å². The van der Waals surface area contributed by atoms with Crippen LogP contribution in [0.1, 0.15) is 246 Å². The van der Waals surface area contributed by atoms with Crippen LogP contribution in [0.4, 0.5) is 0 Å². The van der Waals surface area contributed by atoms with E-state index in [1.54, 1.807) is 0 Å². The van der Waals surface area contributed by atoms with Gasteiger partial charge in [-0.3, -0.25) is 14.4 Å². The molecule has 0 amide bonds. The summed E-state index contributed by atoms with van der Waals surface area (Å²) >= 11 is 0. The molecule has 0 saturated carbocycles. The van der Waals surface area contributed by atoms with Crippen molar-refractivity contribution in [2.75, 3.05) is 13.2 Å². The van der Waals surface area contributed by atoms with E-state index in [-0.39, 0.29) is 31.1 Å². The Morgan fingerprint density at radius 1 is 0.373 bits per heavy atom. The van der Waals surface area contributed by atoms with E-state index in [1.807, 2.05) is 0 Å². The van der Waals surface area contributed by atoms with Crippen molar-refractivity contribution in [3.8, 4) is 0 Å². The van der Waals surface area contributed by atoms with Gasteiger partial charge >= 0.3 is 17.9 Å². The molecular formula is C45H86O6. The average molecular weight is 723 g/mol. The molecule has 0 fully saturated rings. The summed E-state index contributed by atoms with van der Waals surface area (Å²) in [6, 6.07) is 0. The van der Waals surface area contributed by atoms with Gasteiger partial charge in [-0.25, -0.2) is 0 Å². The number of rotatable bonds is 40. The monoisotopic (exact) mass is 723 g/mol. The molecule has 1 atom stereocenters. The SMILES string of the molecule is CCCCCCCCCCCCC(=O)OC[C@H](COC(=O)CCCCCCC)OC(=O)CCCCCCCCCCCCCCCCCC(C)C. The minimum Gasteiger partial charge on any atom is -0.462 e. The van der Waals surface area contributed by atoms with Gasteiger partial charge in [0.25, 0.3) is 0 Å². The smallest absolute Gasteiger partial charge is 0.306 e. The fraction of sp³-hybridized carbons (Fsp3) is 0.933. The maximum atomic E-state index is 12.7. The van der Waals surface area contributed by atoms with Crippen LogP contribution >= 0.6 is 0 Å². The molecule has 51 heavy (non-hydrogen) atoms. The number of carbonyl (C=O) groups is 3. The van der Waals surface area contributed by atoms with Crippen molar-refractivity contribution >= 4 is 17.9 Å². The Kier molecular flexibility index (Phi) is 38.4. The molecule has 6 nitrogen and oxygen atoms in total. The van der Waals surface area contributed by atoms with E-state index in [0.29, 0.717) is 19.3 Å². The zero-order chi connectivity index (χ0) is 37.5. The molecule has 0 aliphatic heterocycles. The van der Waals surface area contributed by atoms with Crippen molar-refractivity contribution in [1.82, 2.24) is 0 Å². The van der Waals surface area contributed by atoms with Crippen molar-refractivity contribution in [2.24, 2.45) is 5.92 Å². The first-order chi connectivity index (χ1) is 24.9. The molecule has 0 aromatic carbocycles. The van der Waals surface area contributed by atoms with Crippen LogP contribution in [0.5, 0.6) is 0 Å². The molecule has 0 heterocycles. The van der Waals surface area contributed by atoms with Gasteiger partial charge in [0.05, 0.1) is 0 Å². The molecule has 0 spiro atoms. The Hall–Kier alpha value is -1.59. The number of hydrogen-bond donors (Lipinski definition) is 0. The van der Waals surface area contributed by atoms with Gasteiger partial charge in [0.2, 0.25) is 0 Å². The second kappa shape index (κ2) is 39.6. The van der Waals surface area contributed by atoms with Gasteiger partial charge in [-0.15, -0.1) is 0 Å². The second-order valence-electron chi connectivity index (χ2n) is 15.8. The van der Waals surface area contributed by atoms with Crippen molar-refractivity contribution < 1.29 is 28.6 Å². The molecule has 0 unspecified atom stereocenters. The van der Waals surface area contributed by atoms with E-state index in [1.165, 1.54) is 135 Å². The largest absolute Gasteiger partial charge is 0.462 e. The van der Waals surface area contributed by atoms with E-state index < -0.39 is 6.10 Å². The minimum atomic E-state index is -0.757.